The molecule has 48 heavy (non-hydrogen) atoms. The van der Waals surface area contributed by atoms with E-state index in [0.717, 1.165) is 55.8 Å². The van der Waals surface area contributed by atoms with E-state index in [0.29, 0.717) is 5.82 Å². The summed E-state index contributed by atoms with van der Waals surface area (Å²) in [4.78, 5) is 22.5. The van der Waals surface area contributed by atoms with E-state index in [1.165, 1.54) is 16.7 Å². The largest absolute Gasteiger partial charge is 0.328 e. The number of aromatic nitrogens is 4. The predicted molar refractivity (Wildman–Crippen MR) is 196 cm³/mol. The van der Waals surface area contributed by atoms with Gasteiger partial charge in [0.15, 0.2) is 5.82 Å². The van der Waals surface area contributed by atoms with Crippen LogP contribution in [-0.2, 0) is 14.1 Å². The van der Waals surface area contributed by atoms with Gasteiger partial charge < -0.3 is 0 Å². The Morgan fingerprint density at radius 1 is 0.375 bits per heavy atom. The van der Waals surface area contributed by atoms with Crippen LogP contribution in [0, 0.1) is 0 Å². The normalized spacial score (nSPS) is 11.2. The molecule has 2 heterocycles. The molecule has 0 saturated carbocycles. The lowest BCUT2D eigenvalue weighted by Crippen LogP contribution is -2.19. The van der Waals surface area contributed by atoms with Gasteiger partial charge in [0, 0.05) is 30.8 Å². The molecule has 6 aromatic carbocycles. The summed E-state index contributed by atoms with van der Waals surface area (Å²) in [5.74, 6) is 0.684. The number of nitrogens with zero attached hydrogens (tertiary/aromatic N) is 4. The van der Waals surface area contributed by atoms with Gasteiger partial charge in [0.05, 0.1) is 22.4 Å². The van der Waals surface area contributed by atoms with Gasteiger partial charge in [0.1, 0.15) is 0 Å². The Bertz CT molecular complexity index is 2440. The Balaban J connectivity index is 1.12. The first-order valence-corrected chi connectivity index (χ1v) is 16.0. The number of hydrogen-bond acceptors (Lipinski definition) is 3. The second-order valence-electron chi connectivity index (χ2n) is 12.0. The van der Waals surface area contributed by atoms with Crippen LogP contribution in [0.1, 0.15) is 0 Å². The summed E-state index contributed by atoms with van der Waals surface area (Å²) >= 11 is 0. The van der Waals surface area contributed by atoms with Crippen molar-refractivity contribution in [3.8, 4) is 67.3 Å². The van der Waals surface area contributed by atoms with E-state index in [1.807, 2.05) is 49.5 Å². The molecule has 0 spiro atoms. The van der Waals surface area contributed by atoms with Crippen LogP contribution in [0.15, 0.2) is 163 Å². The number of benzene rings is 6. The summed E-state index contributed by atoms with van der Waals surface area (Å²) in [5, 5.41) is 0. The van der Waals surface area contributed by atoms with Gasteiger partial charge in [0.25, 0.3) is 0 Å². The molecule has 2 aromatic heterocycles. The van der Waals surface area contributed by atoms with E-state index in [-0.39, 0.29) is 5.69 Å². The summed E-state index contributed by atoms with van der Waals surface area (Å²) in [6.45, 7) is 0. The average Bonchev–Trinajstić information content (AvgIpc) is 3.38. The number of fused-ring (bicyclic) bond motifs is 1. The van der Waals surface area contributed by atoms with E-state index in [1.54, 1.807) is 16.2 Å². The maximum Gasteiger partial charge on any atom is 0.328 e. The fraction of sp³-hybridized carbons (Fsp3) is 0.0465. The zero-order valence-corrected chi connectivity index (χ0v) is 26.7. The van der Waals surface area contributed by atoms with Crippen molar-refractivity contribution in [1.82, 2.24) is 19.1 Å². The Labute approximate surface area is 279 Å². The molecule has 0 radical (unpaired) electrons. The van der Waals surface area contributed by atoms with E-state index < -0.39 is 0 Å². The van der Waals surface area contributed by atoms with Crippen molar-refractivity contribution in [2.75, 3.05) is 0 Å². The molecule has 5 heteroatoms. The topological polar surface area (TPSA) is 52.7 Å². The average molecular weight is 621 g/mol. The predicted octanol–water partition coefficient (Wildman–Crippen LogP) is 9.67. The van der Waals surface area contributed by atoms with E-state index in [4.69, 9.17) is 9.97 Å². The van der Waals surface area contributed by atoms with Crippen LogP contribution >= 0.6 is 0 Å². The molecule has 230 valence electrons. The highest BCUT2D eigenvalue weighted by atomic mass is 16.1. The molecule has 0 N–H and O–H groups in total. The van der Waals surface area contributed by atoms with Crippen LogP contribution in [0.2, 0.25) is 0 Å². The van der Waals surface area contributed by atoms with Crippen LogP contribution in [0.4, 0.5) is 0 Å². The maximum absolute atomic E-state index is 12.4. The van der Waals surface area contributed by atoms with E-state index >= 15 is 0 Å². The van der Waals surface area contributed by atoms with Gasteiger partial charge >= 0.3 is 5.69 Å². The molecule has 8 rings (SSSR count). The van der Waals surface area contributed by atoms with E-state index in [2.05, 4.69) is 115 Å². The van der Waals surface area contributed by atoms with Gasteiger partial charge in [0.2, 0.25) is 0 Å². The summed E-state index contributed by atoms with van der Waals surface area (Å²) < 4.78 is 3.37. The number of rotatable bonds is 6. The second kappa shape index (κ2) is 12.1. The molecule has 0 aliphatic rings. The molecule has 0 atom stereocenters. The van der Waals surface area contributed by atoms with Gasteiger partial charge in [-0.3, -0.25) is 9.13 Å². The number of imidazole rings is 1. The first kappa shape index (κ1) is 29.1. The minimum atomic E-state index is -0.0292. The third-order valence-corrected chi connectivity index (χ3v) is 9.05. The van der Waals surface area contributed by atoms with Gasteiger partial charge in [-0.25, -0.2) is 14.8 Å². The first-order valence-electron chi connectivity index (χ1n) is 16.0. The van der Waals surface area contributed by atoms with Gasteiger partial charge in [-0.15, -0.1) is 0 Å². The zero-order valence-electron chi connectivity index (χ0n) is 26.7. The smallest absolute Gasteiger partial charge is 0.295 e. The first-order chi connectivity index (χ1) is 23.5. The Morgan fingerprint density at radius 2 is 0.750 bits per heavy atom. The molecule has 0 amide bonds. The fourth-order valence-corrected chi connectivity index (χ4v) is 6.30. The molecule has 0 aliphatic carbocycles. The van der Waals surface area contributed by atoms with Crippen LogP contribution in [0.5, 0.6) is 0 Å². The summed E-state index contributed by atoms with van der Waals surface area (Å²) in [7, 11) is 3.61. The Kier molecular flexibility index (Phi) is 7.35. The van der Waals surface area contributed by atoms with Crippen LogP contribution in [-0.4, -0.2) is 19.1 Å². The molecule has 0 bridgehead atoms. The zero-order chi connectivity index (χ0) is 32.6. The second-order valence-corrected chi connectivity index (χ2v) is 12.0. The molecule has 0 fully saturated rings. The van der Waals surface area contributed by atoms with Crippen molar-refractivity contribution in [2.24, 2.45) is 14.1 Å². The van der Waals surface area contributed by atoms with Crippen molar-refractivity contribution in [1.29, 1.82) is 0 Å². The Morgan fingerprint density at radius 3 is 1.25 bits per heavy atom. The van der Waals surface area contributed by atoms with Gasteiger partial charge in [-0.2, -0.15) is 0 Å². The minimum Gasteiger partial charge on any atom is -0.295 e. The minimum absolute atomic E-state index is 0.0292. The van der Waals surface area contributed by atoms with Gasteiger partial charge in [-0.05, 0) is 51.6 Å². The maximum atomic E-state index is 12.4. The molecule has 0 unspecified atom stereocenters. The molecule has 8 aromatic rings. The highest BCUT2D eigenvalue weighted by Gasteiger charge is 2.13. The van der Waals surface area contributed by atoms with Gasteiger partial charge in [-0.1, -0.05) is 140 Å². The lowest BCUT2D eigenvalue weighted by atomic mass is 9.98. The third kappa shape index (κ3) is 5.41. The van der Waals surface area contributed by atoms with Crippen molar-refractivity contribution >= 4 is 11.0 Å². The highest BCUT2D eigenvalue weighted by molar-refractivity contribution is 5.83. The van der Waals surface area contributed by atoms with Crippen LogP contribution in [0.25, 0.3) is 78.3 Å². The number of aryl methyl sites for hydroxylation is 2. The van der Waals surface area contributed by atoms with Crippen molar-refractivity contribution in [2.45, 2.75) is 0 Å². The summed E-state index contributed by atoms with van der Waals surface area (Å²) in [5.41, 5.74) is 13.4. The quantitative estimate of drug-likeness (QED) is 0.186. The third-order valence-electron chi connectivity index (χ3n) is 9.05. The standard InChI is InChI=1S/C43H32N4O/c1-46-40-26-25-37(27-41(40)47(2)43(46)48)33-19-23-35(24-20-33)39-28-38(44-42(45-39)36-11-7-4-8-12-36)34-21-17-32(18-22-34)31-15-13-30(14-16-31)29-9-5-3-6-10-29/h3-28H,1-2H3. The summed E-state index contributed by atoms with van der Waals surface area (Å²) in [6, 6.07) is 54.5. The van der Waals surface area contributed by atoms with Crippen molar-refractivity contribution in [3.63, 3.8) is 0 Å². The van der Waals surface area contributed by atoms with Crippen molar-refractivity contribution in [3.05, 3.63) is 168 Å². The molecular weight excluding hydrogens is 589 g/mol. The SMILES string of the molecule is Cn1c(=O)n(C)c2cc(-c3ccc(-c4cc(-c5ccc(-c6ccc(-c7ccccc7)cc6)cc5)nc(-c5ccccc5)n4)cc3)ccc21. The molecule has 5 nitrogen and oxygen atoms in total. The summed E-state index contributed by atoms with van der Waals surface area (Å²) in [6.07, 6.45) is 0. The monoisotopic (exact) mass is 620 g/mol. The van der Waals surface area contributed by atoms with Crippen LogP contribution < -0.4 is 5.69 Å². The fourth-order valence-electron chi connectivity index (χ4n) is 6.30. The Hall–Kier alpha value is -6.33. The number of hydrogen-bond donors (Lipinski definition) is 0. The lowest BCUT2D eigenvalue weighted by molar-refractivity contribution is 0.795. The lowest BCUT2D eigenvalue weighted by Gasteiger charge is -2.11. The molecule has 0 aliphatic heterocycles. The highest BCUT2D eigenvalue weighted by Crippen LogP contribution is 2.32. The van der Waals surface area contributed by atoms with Crippen molar-refractivity contribution < 1.29 is 0 Å². The van der Waals surface area contributed by atoms with Crippen LogP contribution in [0.3, 0.4) is 0 Å². The van der Waals surface area contributed by atoms with E-state index in [9.17, 15) is 4.79 Å². The molecule has 0 saturated heterocycles. The molecular formula is C43H32N4O.